The SMILES string of the molecule is NCCCNS(=O)(=O)c1ccc([N+](=O)[O-])cc1F. The summed E-state index contributed by atoms with van der Waals surface area (Å²) in [4.78, 5) is 8.96. The van der Waals surface area contributed by atoms with Gasteiger partial charge >= 0.3 is 0 Å². The van der Waals surface area contributed by atoms with E-state index in [1.807, 2.05) is 0 Å². The van der Waals surface area contributed by atoms with Gasteiger partial charge in [0.1, 0.15) is 10.7 Å². The number of nitrogens with two attached hydrogens (primary N) is 1. The number of non-ortho nitro benzene ring substituents is 1. The van der Waals surface area contributed by atoms with Gasteiger partial charge in [0.15, 0.2) is 0 Å². The van der Waals surface area contributed by atoms with Crippen LogP contribution in [0.1, 0.15) is 6.42 Å². The van der Waals surface area contributed by atoms with Gasteiger partial charge in [0.05, 0.1) is 11.0 Å². The van der Waals surface area contributed by atoms with E-state index in [1.165, 1.54) is 0 Å². The van der Waals surface area contributed by atoms with Gasteiger partial charge in [0, 0.05) is 12.6 Å². The van der Waals surface area contributed by atoms with Crippen molar-refractivity contribution in [3.63, 3.8) is 0 Å². The molecule has 0 aliphatic carbocycles. The van der Waals surface area contributed by atoms with Crippen LogP contribution in [0.4, 0.5) is 10.1 Å². The van der Waals surface area contributed by atoms with E-state index < -0.39 is 31.3 Å². The summed E-state index contributed by atoms with van der Waals surface area (Å²) in [5.41, 5.74) is 4.69. The van der Waals surface area contributed by atoms with Crippen LogP contribution in [0.2, 0.25) is 0 Å². The molecule has 1 aromatic rings. The van der Waals surface area contributed by atoms with E-state index in [-0.39, 0.29) is 6.54 Å². The fourth-order valence-corrected chi connectivity index (χ4v) is 2.34. The zero-order chi connectivity index (χ0) is 13.8. The molecule has 9 heteroatoms. The van der Waals surface area contributed by atoms with Crippen molar-refractivity contribution < 1.29 is 17.7 Å². The van der Waals surface area contributed by atoms with Crippen molar-refractivity contribution in [2.24, 2.45) is 5.73 Å². The van der Waals surface area contributed by atoms with Crippen molar-refractivity contribution in [1.82, 2.24) is 4.72 Å². The van der Waals surface area contributed by atoms with Crippen LogP contribution in [-0.4, -0.2) is 26.4 Å². The Labute approximate surface area is 103 Å². The quantitative estimate of drug-likeness (QED) is 0.442. The Morgan fingerprint density at radius 3 is 2.61 bits per heavy atom. The molecule has 0 atom stereocenters. The maximum atomic E-state index is 13.5. The second-order valence-corrected chi connectivity index (χ2v) is 5.15. The molecule has 1 aromatic carbocycles. The Morgan fingerprint density at radius 2 is 2.11 bits per heavy atom. The minimum Gasteiger partial charge on any atom is -0.330 e. The van der Waals surface area contributed by atoms with Crippen LogP contribution in [0.5, 0.6) is 0 Å². The van der Waals surface area contributed by atoms with Crippen molar-refractivity contribution in [3.8, 4) is 0 Å². The van der Waals surface area contributed by atoms with Gasteiger partial charge in [-0.25, -0.2) is 17.5 Å². The molecule has 7 nitrogen and oxygen atoms in total. The zero-order valence-corrected chi connectivity index (χ0v) is 10.1. The molecule has 0 heterocycles. The second kappa shape index (κ2) is 5.85. The number of hydrogen-bond acceptors (Lipinski definition) is 5. The fraction of sp³-hybridized carbons (Fsp3) is 0.333. The Kier molecular flexibility index (Phi) is 4.70. The highest BCUT2D eigenvalue weighted by Gasteiger charge is 2.21. The number of hydrogen-bond donors (Lipinski definition) is 2. The van der Waals surface area contributed by atoms with E-state index in [1.54, 1.807) is 0 Å². The van der Waals surface area contributed by atoms with Gasteiger partial charge in [0.25, 0.3) is 5.69 Å². The predicted molar refractivity (Wildman–Crippen MR) is 61.9 cm³/mol. The largest absolute Gasteiger partial charge is 0.330 e. The van der Waals surface area contributed by atoms with Crippen LogP contribution in [0.25, 0.3) is 0 Å². The number of halogens is 1. The van der Waals surface area contributed by atoms with Crippen molar-refractivity contribution >= 4 is 15.7 Å². The lowest BCUT2D eigenvalue weighted by Gasteiger charge is -2.06. The third-order valence-electron chi connectivity index (χ3n) is 2.09. The fourth-order valence-electron chi connectivity index (χ4n) is 1.21. The third-order valence-corrected chi connectivity index (χ3v) is 3.58. The molecule has 1 rings (SSSR count). The first kappa shape index (κ1) is 14.5. The van der Waals surface area contributed by atoms with E-state index in [4.69, 9.17) is 5.73 Å². The normalized spacial score (nSPS) is 11.4. The number of benzene rings is 1. The van der Waals surface area contributed by atoms with Crippen molar-refractivity contribution in [2.45, 2.75) is 11.3 Å². The predicted octanol–water partition coefficient (Wildman–Crippen LogP) is 0.361. The van der Waals surface area contributed by atoms with Crippen LogP contribution in [0.3, 0.4) is 0 Å². The molecule has 0 aliphatic rings. The molecule has 3 N–H and O–H groups in total. The first-order valence-corrected chi connectivity index (χ1v) is 6.50. The molecule has 0 saturated carbocycles. The summed E-state index contributed by atoms with van der Waals surface area (Å²) in [6, 6.07) is 2.36. The Bertz CT molecular complexity index is 547. The maximum absolute atomic E-state index is 13.5. The lowest BCUT2D eigenvalue weighted by molar-refractivity contribution is -0.385. The molecule has 100 valence electrons. The standard InChI is InChI=1S/C9H12FN3O4S/c10-8-6-7(13(14)15)2-3-9(8)18(16,17)12-5-1-4-11/h2-3,6,12H,1,4-5,11H2. The molecule has 18 heavy (non-hydrogen) atoms. The summed E-state index contributed by atoms with van der Waals surface area (Å²) >= 11 is 0. The average Bonchev–Trinajstić information content (AvgIpc) is 2.28. The van der Waals surface area contributed by atoms with E-state index >= 15 is 0 Å². The van der Waals surface area contributed by atoms with Crippen LogP contribution >= 0.6 is 0 Å². The van der Waals surface area contributed by atoms with Gasteiger partial charge in [-0.1, -0.05) is 0 Å². The van der Waals surface area contributed by atoms with Crippen molar-refractivity contribution in [1.29, 1.82) is 0 Å². The van der Waals surface area contributed by atoms with Gasteiger partial charge in [-0.3, -0.25) is 10.1 Å². The van der Waals surface area contributed by atoms with Crippen molar-refractivity contribution in [3.05, 3.63) is 34.1 Å². The first-order chi connectivity index (χ1) is 8.38. The molecule has 0 aliphatic heterocycles. The lowest BCUT2D eigenvalue weighted by atomic mass is 10.3. The summed E-state index contributed by atoms with van der Waals surface area (Å²) in [5.74, 6) is -1.16. The van der Waals surface area contributed by atoms with Gasteiger partial charge in [0.2, 0.25) is 10.0 Å². The van der Waals surface area contributed by atoms with E-state index in [0.29, 0.717) is 19.0 Å². The molecule has 0 spiro atoms. The monoisotopic (exact) mass is 277 g/mol. The van der Waals surface area contributed by atoms with Gasteiger partial charge in [-0.15, -0.1) is 0 Å². The molecule has 0 aromatic heterocycles. The summed E-state index contributed by atoms with van der Waals surface area (Å²) in [5, 5.41) is 10.4. The molecule has 0 amide bonds. The average molecular weight is 277 g/mol. The summed E-state index contributed by atoms with van der Waals surface area (Å²) in [6.07, 6.45) is 0.411. The van der Waals surface area contributed by atoms with Gasteiger partial charge in [-0.2, -0.15) is 0 Å². The number of sulfonamides is 1. The zero-order valence-electron chi connectivity index (χ0n) is 9.30. The molecular weight excluding hydrogens is 265 g/mol. The molecular formula is C9H12FN3O4S. The van der Waals surface area contributed by atoms with Crippen LogP contribution in [0.15, 0.2) is 23.1 Å². The number of nitro groups is 1. The van der Waals surface area contributed by atoms with Crippen LogP contribution in [-0.2, 0) is 10.0 Å². The molecule has 0 fully saturated rings. The minimum atomic E-state index is -4.01. The Balaban J connectivity index is 2.99. The van der Waals surface area contributed by atoms with Crippen LogP contribution < -0.4 is 10.5 Å². The molecule has 0 radical (unpaired) electrons. The smallest absolute Gasteiger partial charge is 0.272 e. The highest BCUT2D eigenvalue weighted by Crippen LogP contribution is 2.20. The molecule has 0 saturated heterocycles. The first-order valence-electron chi connectivity index (χ1n) is 5.02. The van der Waals surface area contributed by atoms with E-state index in [0.717, 1.165) is 12.1 Å². The highest BCUT2D eigenvalue weighted by molar-refractivity contribution is 7.89. The number of nitrogens with one attached hydrogen (secondary N) is 1. The van der Waals surface area contributed by atoms with E-state index in [9.17, 15) is 22.9 Å². The van der Waals surface area contributed by atoms with Gasteiger partial charge < -0.3 is 5.73 Å². The Morgan fingerprint density at radius 1 is 1.44 bits per heavy atom. The van der Waals surface area contributed by atoms with Crippen molar-refractivity contribution in [2.75, 3.05) is 13.1 Å². The maximum Gasteiger partial charge on any atom is 0.272 e. The van der Waals surface area contributed by atoms with Gasteiger partial charge in [-0.05, 0) is 19.0 Å². The highest BCUT2D eigenvalue weighted by atomic mass is 32.2. The molecule has 0 bridgehead atoms. The lowest BCUT2D eigenvalue weighted by Crippen LogP contribution is -2.27. The third kappa shape index (κ3) is 3.45. The summed E-state index contributed by atoms with van der Waals surface area (Å²) in [6.45, 7) is 0.376. The number of nitro benzene ring substituents is 1. The summed E-state index contributed by atoms with van der Waals surface area (Å²) < 4.78 is 38.9. The number of rotatable bonds is 6. The van der Waals surface area contributed by atoms with E-state index in [2.05, 4.69) is 4.72 Å². The minimum absolute atomic E-state index is 0.0786. The Hall–Kier alpha value is -1.58. The topological polar surface area (TPSA) is 115 Å². The number of nitrogens with zero attached hydrogens (tertiary/aromatic N) is 1. The molecule has 0 unspecified atom stereocenters. The summed E-state index contributed by atoms with van der Waals surface area (Å²) in [7, 11) is -4.01. The van der Waals surface area contributed by atoms with Crippen LogP contribution in [0, 0.1) is 15.9 Å². The second-order valence-electron chi connectivity index (χ2n) is 3.41.